The molecule has 0 radical (unpaired) electrons. The Bertz CT molecular complexity index is 980. The molecule has 3 aromatic rings. The highest BCUT2D eigenvalue weighted by Gasteiger charge is 2.24. The summed E-state index contributed by atoms with van der Waals surface area (Å²) in [5.41, 5.74) is 1.65. The number of nitrogens with zero attached hydrogens (tertiary/aromatic N) is 3. The Morgan fingerprint density at radius 1 is 1.11 bits per heavy atom. The van der Waals surface area contributed by atoms with Crippen LogP contribution in [0.3, 0.4) is 0 Å². The normalized spacial score (nSPS) is 14.4. The summed E-state index contributed by atoms with van der Waals surface area (Å²) in [6.07, 6.45) is 0. The minimum Gasteiger partial charge on any atom is -0.497 e. The lowest BCUT2D eigenvalue weighted by atomic mass is 10.1. The first kappa shape index (κ1) is 18.6. The highest BCUT2D eigenvalue weighted by atomic mass is 32.1. The summed E-state index contributed by atoms with van der Waals surface area (Å²) < 4.78 is 11.9. The highest BCUT2D eigenvalue weighted by Crippen LogP contribution is 2.32. The number of benzene rings is 2. The first-order valence-electron chi connectivity index (χ1n) is 9.39. The van der Waals surface area contributed by atoms with Crippen LogP contribution < -0.4 is 14.4 Å². The number of anilines is 1. The zero-order chi connectivity index (χ0) is 19.5. The molecule has 0 spiro atoms. The maximum atomic E-state index is 12.8. The van der Waals surface area contributed by atoms with Gasteiger partial charge in [-0.3, -0.25) is 4.79 Å². The van der Waals surface area contributed by atoms with Crippen LogP contribution in [-0.2, 0) is 0 Å². The Hall–Kier alpha value is -2.80. The molecule has 0 aliphatic carbocycles. The van der Waals surface area contributed by atoms with Crippen molar-refractivity contribution in [3.63, 3.8) is 0 Å². The van der Waals surface area contributed by atoms with E-state index in [0.29, 0.717) is 31.0 Å². The Kier molecular flexibility index (Phi) is 5.34. The fourth-order valence-corrected chi connectivity index (χ4v) is 4.37. The number of aromatic nitrogens is 1. The van der Waals surface area contributed by atoms with Crippen molar-refractivity contribution in [1.29, 1.82) is 0 Å². The maximum absolute atomic E-state index is 12.8. The first-order valence-corrected chi connectivity index (χ1v) is 10.2. The monoisotopic (exact) mass is 397 g/mol. The summed E-state index contributed by atoms with van der Waals surface area (Å²) in [6.45, 7) is 5.53. The summed E-state index contributed by atoms with van der Waals surface area (Å²) in [4.78, 5) is 21.7. The van der Waals surface area contributed by atoms with Crippen LogP contribution in [-0.4, -0.2) is 55.7 Å². The maximum Gasteiger partial charge on any atom is 0.254 e. The lowest BCUT2D eigenvalue weighted by Crippen LogP contribution is -2.48. The second kappa shape index (κ2) is 8.06. The molecule has 1 amide bonds. The molecular formula is C21H23N3O3S. The van der Waals surface area contributed by atoms with Crippen molar-refractivity contribution in [2.45, 2.75) is 6.92 Å². The molecule has 1 aliphatic rings. The second-order valence-electron chi connectivity index (χ2n) is 6.57. The molecule has 6 nitrogen and oxygen atoms in total. The van der Waals surface area contributed by atoms with Crippen molar-refractivity contribution in [2.75, 3.05) is 44.8 Å². The Labute approximate surface area is 168 Å². The number of carbonyl (C=O) groups is 1. The minimum absolute atomic E-state index is 0.0456. The molecule has 7 heteroatoms. The molecular weight excluding hydrogens is 374 g/mol. The third kappa shape index (κ3) is 3.75. The van der Waals surface area contributed by atoms with Crippen molar-refractivity contribution in [1.82, 2.24) is 9.88 Å². The van der Waals surface area contributed by atoms with Crippen LogP contribution in [0.25, 0.3) is 10.2 Å². The standard InChI is InChI=1S/C21H23N3O3S/c1-3-27-17-7-8-18-19(14-17)28-21(22-18)24-11-9-23(10-12-24)20(25)15-5-4-6-16(13-15)26-2/h4-8,13-14H,3,9-12H2,1-2H3. The average molecular weight is 398 g/mol. The zero-order valence-corrected chi connectivity index (χ0v) is 16.9. The van der Waals surface area contributed by atoms with Gasteiger partial charge in [0.25, 0.3) is 5.91 Å². The predicted molar refractivity (Wildman–Crippen MR) is 112 cm³/mol. The number of carbonyl (C=O) groups excluding carboxylic acids is 1. The van der Waals surface area contributed by atoms with E-state index in [4.69, 9.17) is 14.5 Å². The third-order valence-electron chi connectivity index (χ3n) is 4.81. The molecule has 1 fully saturated rings. The average Bonchev–Trinajstić information content (AvgIpc) is 3.17. The lowest BCUT2D eigenvalue weighted by Gasteiger charge is -2.34. The van der Waals surface area contributed by atoms with Gasteiger partial charge in [-0.2, -0.15) is 0 Å². The number of thiazole rings is 1. The van der Waals surface area contributed by atoms with Crippen LogP contribution in [0.5, 0.6) is 11.5 Å². The van der Waals surface area contributed by atoms with E-state index in [1.165, 1.54) is 0 Å². The van der Waals surface area contributed by atoms with Crippen molar-refractivity contribution >= 4 is 32.6 Å². The van der Waals surface area contributed by atoms with Crippen LogP contribution in [0.4, 0.5) is 5.13 Å². The van der Waals surface area contributed by atoms with Crippen LogP contribution in [0.1, 0.15) is 17.3 Å². The van der Waals surface area contributed by atoms with E-state index in [2.05, 4.69) is 4.90 Å². The largest absolute Gasteiger partial charge is 0.497 e. The van der Waals surface area contributed by atoms with Gasteiger partial charge in [-0.05, 0) is 43.3 Å². The van der Waals surface area contributed by atoms with E-state index in [9.17, 15) is 4.79 Å². The van der Waals surface area contributed by atoms with E-state index >= 15 is 0 Å². The molecule has 0 bridgehead atoms. The summed E-state index contributed by atoms with van der Waals surface area (Å²) in [5.74, 6) is 1.62. The van der Waals surface area contributed by atoms with Crippen molar-refractivity contribution < 1.29 is 14.3 Å². The van der Waals surface area contributed by atoms with Gasteiger partial charge in [-0.25, -0.2) is 4.98 Å². The van der Waals surface area contributed by atoms with Gasteiger partial charge >= 0.3 is 0 Å². The van der Waals surface area contributed by atoms with E-state index in [1.807, 2.05) is 48.2 Å². The van der Waals surface area contributed by atoms with Gasteiger partial charge in [-0.15, -0.1) is 0 Å². The number of hydrogen-bond donors (Lipinski definition) is 0. The predicted octanol–water partition coefficient (Wildman–Crippen LogP) is 3.67. The van der Waals surface area contributed by atoms with Crippen LogP contribution in [0, 0.1) is 0 Å². The highest BCUT2D eigenvalue weighted by molar-refractivity contribution is 7.22. The Balaban J connectivity index is 1.43. The molecule has 0 unspecified atom stereocenters. The smallest absolute Gasteiger partial charge is 0.254 e. The fourth-order valence-electron chi connectivity index (χ4n) is 3.32. The molecule has 1 saturated heterocycles. The van der Waals surface area contributed by atoms with Crippen molar-refractivity contribution in [2.24, 2.45) is 0 Å². The molecule has 2 aromatic carbocycles. The molecule has 1 aliphatic heterocycles. The molecule has 0 atom stereocenters. The topological polar surface area (TPSA) is 54.9 Å². The third-order valence-corrected chi connectivity index (χ3v) is 5.89. The van der Waals surface area contributed by atoms with Gasteiger partial charge in [0, 0.05) is 31.7 Å². The fraction of sp³-hybridized carbons (Fsp3) is 0.333. The van der Waals surface area contributed by atoms with Gasteiger partial charge < -0.3 is 19.3 Å². The molecule has 146 valence electrons. The lowest BCUT2D eigenvalue weighted by molar-refractivity contribution is 0.0746. The number of rotatable bonds is 5. The minimum atomic E-state index is 0.0456. The molecule has 28 heavy (non-hydrogen) atoms. The summed E-state index contributed by atoms with van der Waals surface area (Å²) >= 11 is 1.67. The van der Waals surface area contributed by atoms with E-state index in [1.54, 1.807) is 24.5 Å². The number of methoxy groups -OCH3 is 1. The molecule has 4 rings (SSSR count). The van der Waals surface area contributed by atoms with Crippen LogP contribution in [0.15, 0.2) is 42.5 Å². The quantitative estimate of drug-likeness (QED) is 0.658. The van der Waals surface area contributed by atoms with Crippen LogP contribution in [0.2, 0.25) is 0 Å². The van der Waals surface area contributed by atoms with Crippen molar-refractivity contribution in [3.05, 3.63) is 48.0 Å². The molecule has 1 aromatic heterocycles. The Morgan fingerprint density at radius 2 is 1.93 bits per heavy atom. The van der Waals surface area contributed by atoms with E-state index in [0.717, 1.165) is 34.2 Å². The molecule has 0 saturated carbocycles. The van der Waals surface area contributed by atoms with Crippen molar-refractivity contribution in [3.8, 4) is 11.5 Å². The van der Waals surface area contributed by atoms with E-state index in [-0.39, 0.29) is 5.91 Å². The molecule has 0 N–H and O–H groups in total. The van der Waals surface area contributed by atoms with Gasteiger partial charge in [0.05, 0.1) is 23.9 Å². The number of amides is 1. The number of ether oxygens (including phenoxy) is 2. The van der Waals surface area contributed by atoms with Gasteiger partial charge in [0.15, 0.2) is 5.13 Å². The van der Waals surface area contributed by atoms with Crippen LogP contribution >= 0.6 is 11.3 Å². The van der Waals surface area contributed by atoms with Gasteiger partial charge in [-0.1, -0.05) is 17.4 Å². The number of fused-ring (bicyclic) bond motifs is 1. The number of piperazine rings is 1. The first-order chi connectivity index (χ1) is 13.7. The van der Waals surface area contributed by atoms with Gasteiger partial charge in [0.1, 0.15) is 11.5 Å². The summed E-state index contributed by atoms with van der Waals surface area (Å²) in [5, 5.41) is 0.997. The summed E-state index contributed by atoms with van der Waals surface area (Å²) in [7, 11) is 1.61. The SMILES string of the molecule is CCOc1ccc2nc(N3CCN(C(=O)c4cccc(OC)c4)CC3)sc2c1. The Morgan fingerprint density at radius 3 is 2.68 bits per heavy atom. The van der Waals surface area contributed by atoms with Gasteiger partial charge in [0.2, 0.25) is 0 Å². The molecule has 2 heterocycles. The zero-order valence-electron chi connectivity index (χ0n) is 16.1. The number of hydrogen-bond acceptors (Lipinski definition) is 6. The second-order valence-corrected chi connectivity index (χ2v) is 7.58. The van der Waals surface area contributed by atoms with E-state index < -0.39 is 0 Å². The summed E-state index contributed by atoms with van der Waals surface area (Å²) in [6, 6.07) is 13.3.